The van der Waals surface area contributed by atoms with Crippen molar-refractivity contribution in [2.24, 2.45) is 7.05 Å². The van der Waals surface area contributed by atoms with E-state index in [4.69, 9.17) is 4.74 Å². The molecule has 0 unspecified atom stereocenters. The fraction of sp³-hybridized carbons (Fsp3) is 0.118. The molecular formula is C17H16N2O. The molecule has 20 heavy (non-hydrogen) atoms. The predicted octanol–water partition coefficient (Wildman–Crippen LogP) is 4.19. The fourth-order valence-electron chi connectivity index (χ4n) is 2.30. The predicted molar refractivity (Wildman–Crippen MR) is 79.9 cm³/mol. The first-order valence-electron chi connectivity index (χ1n) is 6.56. The number of benzene rings is 2. The fourth-order valence-corrected chi connectivity index (χ4v) is 2.30. The first-order valence-corrected chi connectivity index (χ1v) is 6.56. The molecule has 0 amide bonds. The van der Waals surface area contributed by atoms with E-state index in [2.05, 4.69) is 11.1 Å². The van der Waals surface area contributed by atoms with Gasteiger partial charge < -0.3 is 9.30 Å². The Kier molecular flexibility index (Phi) is 3.25. The first-order chi connectivity index (χ1) is 9.75. The molecule has 1 heterocycles. The molecule has 1 aromatic heterocycles. The van der Waals surface area contributed by atoms with Crippen LogP contribution in [0, 0.1) is 6.92 Å². The van der Waals surface area contributed by atoms with Crippen LogP contribution in [-0.2, 0) is 7.05 Å². The molecular weight excluding hydrogens is 248 g/mol. The lowest BCUT2D eigenvalue weighted by Crippen LogP contribution is -1.94. The van der Waals surface area contributed by atoms with E-state index in [1.54, 1.807) is 0 Å². The Labute approximate surface area is 118 Å². The van der Waals surface area contributed by atoms with Crippen molar-refractivity contribution < 1.29 is 4.74 Å². The molecule has 0 bridgehead atoms. The Balaban J connectivity index is 2.05. The van der Waals surface area contributed by atoms with E-state index in [1.165, 1.54) is 0 Å². The maximum absolute atomic E-state index is 6.00. The second-order valence-electron chi connectivity index (χ2n) is 4.70. The molecule has 0 N–H and O–H groups in total. The Morgan fingerprint density at radius 1 is 0.950 bits per heavy atom. The van der Waals surface area contributed by atoms with Gasteiger partial charge in [0.25, 0.3) is 0 Å². The van der Waals surface area contributed by atoms with Crippen LogP contribution in [0.5, 0.6) is 11.5 Å². The molecule has 0 saturated heterocycles. The van der Waals surface area contributed by atoms with Gasteiger partial charge in [0.2, 0.25) is 0 Å². The van der Waals surface area contributed by atoms with Gasteiger partial charge in [-0.3, -0.25) is 0 Å². The van der Waals surface area contributed by atoms with Crippen molar-refractivity contribution >= 4 is 0 Å². The van der Waals surface area contributed by atoms with Crippen LogP contribution in [0.4, 0.5) is 0 Å². The molecule has 3 aromatic rings. The van der Waals surface area contributed by atoms with E-state index < -0.39 is 0 Å². The summed E-state index contributed by atoms with van der Waals surface area (Å²) in [5.74, 6) is 1.67. The molecule has 100 valence electrons. The second-order valence-corrected chi connectivity index (χ2v) is 4.70. The van der Waals surface area contributed by atoms with E-state index in [0.717, 1.165) is 28.5 Å². The van der Waals surface area contributed by atoms with Gasteiger partial charge in [-0.25, -0.2) is 4.98 Å². The van der Waals surface area contributed by atoms with Gasteiger partial charge in [0.15, 0.2) is 0 Å². The second kappa shape index (κ2) is 5.21. The van der Waals surface area contributed by atoms with Crippen molar-refractivity contribution in [2.45, 2.75) is 6.92 Å². The van der Waals surface area contributed by atoms with E-state index in [9.17, 15) is 0 Å². The van der Waals surface area contributed by atoms with E-state index in [-0.39, 0.29) is 0 Å². The van der Waals surface area contributed by atoms with Crippen LogP contribution in [0.3, 0.4) is 0 Å². The van der Waals surface area contributed by atoms with Gasteiger partial charge in [-0.2, -0.15) is 0 Å². The summed E-state index contributed by atoms with van der Waals surface area (Å²) in [6, 6.07) is 17.8. The number of rotatable bonds is 3. The summed E-state index contributed by atoms with van der Waals surface area (Å²) in [5, 5.41) is 0. The van der Waals surface area contributed by atoms with Crippen LogP contribution in [-0.4, -0.2) is 9.55 Å². The van der Waals surface area contributed by atoms with Gasteiger partial charge in [-0.15, -0.1) is 0 Å². The molecule has 0 aliphatic carbocycles. The SMILES string of the molecule is Cc1ncn(C)c1-c1ccccc1Oc1ccccc1. The number of aryl methyl sites for hydroxylation is 2. The molecule has 0 radical (unpaired) electrons. The number of hydrogen-bond donors (Lipinski definition) is 0. The molecule has 3 rings (SSSR count). The van der Waals surface area contributed by atoms with Gasteiger partial charge in [0.05, 0.1) is 17.7 Å². The van der Waals surface area contributed by atoms with Crippen molar-refractivity contribution in [1.29, 1.82) is 0 Å². The minimum absolute atomic E-state index is 0.833. The average Bonchev–Trinajstić information content (AvgIpc) is 2.80. The van der Waals surface area contributed by atoms with Gasteiger partial charge in [-0.1, -0.05) is 30.3 Å². The minimum atomic E-state index is 0.833. The minimum Gasteiger partial charge on any atom is -0.457 e. The monoisotopic (exact) mass is 264 g/mol. The summed E-state index contributed by atoms with van der Waals surface area (Å²) in [6.07, 6.45) is 1.82. The Morgan fingerprint density at radius 2 is 1.65 bits per heavy atom. The maximum Gasteiger partial charge on any atom is 0.136 e. The molecule has 0 fully saturated rings. The van der Waals surface area contributed by atoms with Crippen LogP contribution in [0.25, 0.3) is 11.3 Å². The molecule has 0 aliphatic rings. The molecule has 2 aromatic carbocycles. The number of ether oxygens (including phenoxy) is 1. The van der Waals surface area contributed by atoms with Crippen molar-refractivity contribution in [3.05, 3.63) is 66.6 Å². The standard InChI is InChI=1S/C17H16N2O/c1-13-17(19(2)12-18-13)15-10-6-7-11-16(15)20-14-8-4-3-5-9-14/h3-12H,1-2H3. The quantitative estimate of drug-likeness (QED) is 0.709. The molecule has 3 heteroatoms. The zero-order valence-electron chi connectivity index (χ0n) is 11.6. The average molecular weight is 264 g/mol. The smallest absolute Gasteiger partial charge is 0.136 e. The van der Waals surface area contributed by atoms with Crippen LogP contribution < -0.4 is 4.74 Å². The van der Waals surface area contributed by atoms with Crippen LogP contribution in [0.15, 0.2) is 60.9 Å². The Bertz CT molecular complexity index is 697. The van der Waals surface area contributed by atoms with Crippen molar-refractivity contribution in [3.63, 3.8) is 0 Å². The highest BCUT2D eigenvalue weighted by Gasteiger charge is 2.13. The van der Waals surface area contributed by atoms with E-state index in [0.29, 0.717) is 0 Å². The van der Waals surface area contributed by atoms with Gasteiger partial charge >= 0.3 is 0 Å². The van der Waals surface area contributed by atoms with Crippen molar-refractivity contribution in [2.75, 3.05) is 0 Å². The third-order valence-electron chi connectivity index (χ3n) is 3.23. The summed E-state index contributed by atoms with van der Waals surface area (Å²) < 4.78 is 8.02. The molecule has 0 saturated carbocycles. The van der Waals surface area contributed by atoms with Gasteiger partial charge in [-0.05, 0) is 31.2 Å². The highest BCUT2D eigenvalue weighted by Crippen LogP contribution is 2.34. The summed E-state index contributed by atoms with van der Waals surface area (Å²) in [6.45, 7) is 2.01. The summed E-state index contributed by atoms with van der Waals surface area (Å²) in [7, 11) is 1.99. The largest absolute Gasteiger partial charge is 0.457 e. The molecule has 0 aliphatic heterocycles. The maximum atomic E-state index is 6.00. The molecule has 0 atom stereocenters. The normalized spacial score (nSPS) is 10.5. The Morgan fingerprint density at radius 3 is 2.35 bits per heavy atom. The van der Waals surface area contributed by atoms with Crippen LogP contribution in [0.1, 0.15) is 5.69 Å². The number of para-hydroxylation sites is 2. The summed E-state index contributed by atoms with van der Waals surface area (Å²) in [4.78, 5) is 4.35. The third-order valence-corrected chi connectivity index (χ3v) is 3.23. The lowest BCUT2D eigenvalue weighted by molar-refractivity contribution is 0.484. The summed E-state index contributed by atoms with van der Waals surface area (Å²) in [5.41, 5.74) is 3.13. The number of aromatic nitrogens is 2. The van der Waals surface area contributed by atoms with Crippen LogP contribution >= 0.6 is 0 Å². The number of imidazole rings is 1. The first kappa shape index (κ1) is 12.5. The highest BCUT2D eigenvalue weighted by molar-refractivity contribution is 5.70. The Hall–Kier alpha value is -2.55. The zero-order chi connectivity index (χ0) is 13.9. The number of hydrogen-bond acceptors (Lipinski definition) is 2. The van der Waals surface area contributed by atoms with Gasteiger partial charge in [0, 0.05) is 12.6 Å². The topological polar surface area (TPSA) is 27.1 Å². The van der Waals surface area contributed by atoms with Crippen LogP contribution in [0.2, 0.25) is 0 Å². The van der Waals surface area contributed by atoms with Crippen molar-refractivity contribution in [1.82, 2.24) is 9.55 Å². The molecule has 0 spiro atoms. The van der Waals surface area contributed by atoms with Crippen molar-refractivity contribution in [3.8, 4) is 22.8 Å². The highest BCUT2D eigenvalue weighted by atomic mass is 16.5. The number of nitrogens with zero attached hydrogens (tertiary/aromatic N) is 2. The summed E-state index contributed by atoms with van der Waals surface area (Å²) >= 11 is 0. The lowest BCUT2D eigenvalue weighted by Gasteiger charge is -2.12. The van der Waals surface area contributed by atoms with E-state index in [1.807, 2.05) is 73.4 Å². The van der Waals surface area contributed by atoms with Gasteiger partial charge in [0.1, 0.15) is 11.5 Å². The lowest BCUT2D eigenvalue weighted by atomic mass is 10.1. The molecule has 3 nitrogen and oxygen atoms in total. The van der Waals surface area contributed by atoms with E-state index >= 15 is 0 Å². The zero-order valence-corrected chi connectivity index (χ0v) is 11.6. The third kappa shape index (κ3) is 2.30.